The van der Waals surface area contributed by atoms with Crippen LogP contribution in [0.1, 0.15) is 18.9 Å². The number of ether oxygens (including phenoxy) is 2. The van der Waals surface area contributed by atoms with Gasteiger partial charge in [0, 0.05) is 12.2 Å². The summed E-state index contributed by atoms with van der Waals surface area (Å²) in [7, 11) is 1.60. The van der Waals surface area contributed by atoms with Crippen LogP contribution >= 0.6 is 34.8 Å². The Labute approximate surface area is 151 Å². The molecule has 0 saturated carbocycles. The second-order valence-corrected chi connectivity index (χ2v) is 6.16. The number of nitrogens with one attached hydrogen (secondary N) is 1. The highest BCUT2D eigenvalue weighted by Gasteiger charge is 2.12. The Morgan fingerprint density at radius 2 is 1.78 bits per heavy atom. The molecule has 0 aliphatic carbocycles. The monoisotopic (exact) mass is 373 g/mol. The van der Waals surface area contributed by atoms with Gasteiger partial charge in [-0.25, -0.2) is 0 Å². The van der Waals surface area contributed by atoms with Crippen molar-refractivity contribution >= 4 is 40.5 Å². The molecule has 0 radical (unpaired) electrons. The quantitative estimate of drug-likeness (QED) is 0.639. The van der Waals surface area contributed by atoms with E-state index in [-0.39, 0.29) is 0 Å². The van der Waals surface area contributed by atoms with Gasteiger partial charge in [0.25, 0.3) is 0 Å². The van der Waals surface area contributed by atoms with Crippen LogP contribution in [0.25, 0.3) is 0 Å². The van der Waals surface area contributed by atoms with Gasteiger partial charge in [-0.15, -0.1) is 0 Å². The highest BCUT2D eigenvalue weighted by atomic mass is 35.5. The van der Waals surface area contributed by atoms with Gasteiger partial charge in [-0.2, -0.15) is 0 Å². The van der Waals surface area contributed by atoms with Crippen LogP contribution in [0.5, 0.6) is 11.5 Å². The Morgan fingerprint density at radius 3 is 2.43 bits per heavy atom. The fraction of sp³-hybridized carbons (Fsp3) is 0.294. The fourth-order valence-electron chi connectivity index (χ4n) is 2.03. The highest BCUT2D eigenvalue weighted by molar-refractivity contribution is 6.42. The molecule has 0 aliphatic heterocycles. The summed E-state index contributed by atoms with van der Waals surface area (Å²) in [5, 5.41) is 4.84. The van der Waals surface area contributed by atoms with Crippen molar-refractivity contribution in [1.29, 1.82) is 0 Å². The van der Waals surface area contributed by atoms with Crippen LogP contribution in [0.15, 0.2) is 30.3 Å². The third-order valence-electron chi connectivity index (χ3n) is 3.16. The Hall–Kier alpha value is -1.29. The number of hydrogen-bond donors (Lipinski definition) is 1. The van der Waals surface area contributed by atoms with E-state index in [2.05, 4.69) is 5.32 Å². The number of hydrogen-bond acceptors (Lipinski definition) is 3. The molecular formula is C17H18Cl3NO2. The largest absolute Gasteiger partial charge is 0.493 e. The third-order valence-corrected chi connectivity index (χ3v) is 4.18. The molecule has 6 heteroatoms. The molecule has 0 atom stereocenters. The fourth-order valence-corrected chi connectivity index (χ4v) is 2.62. The maximum Gasteiger partial charge on any atom is 0.179 e. The van der Waals surface area contributed by atoms with Crippen molar-refractivity contribution < 1.29 is 9.47 Å². The summed E-state index contributed by atoms with van der Waals surface area (Å²) < 4.78 is 11.0. The zero-order valence-electron chi connectivity index (χ0n) is 13.0. The van der Waals surface area contributed by atoms with Crippen LogP contribution < -0.4 is 14.8 Å². The van der Waals surface area contributed by atoms with Crippen LogP contribution in [0.2, 0.25) is 15.1 Å². The Morgan fingerprint density at radius 1 is 1.00 bits per heavy atom. The SMILES string of the molecule is CCCOc1c(Cl)cc(CNc2ccc(Cl)c(Cl)c2)cc1OC. The Balaban J connectivity index is 2.13. The van der Waals surface area contributed by atoms with E-state index in [0.29, 0.717) is 39.7 Å². The molecule has 0 amide bonds. The second kappa shape index (κ2) is 8.53. The van der Waals surface area contributed by atoms with Crippen LogP contribution in [-0.2, 0) is 6.54 Å². The van der Waals surface area contributed by atoms with Crippen LogP contribution in [-0.4, -0.2) is 13.7 Å². The average molecular weight is 375 g/mol. The predicted molar refractivity (Wildman–Crippen MR) is 97.6 cm³/mol. The summed E-state index contributed by atoms with van der Waals surface area (Å²) in [4.78, 5) is 0. The highest BCUT2D eigenvalue weighted by Crippen LogP contribution is 2.36. The minimum absolute atomic E-state index is 0.510. The molecule has 0 spiro atoms. The third kappa shape index (κ3) is 4.84. The van der Waals surface area contributed by atoms with E-state index in [1.165, 1.54) is 0 Å². The van der Waals surface area contributed by atoms with Gasteiger partial charge in [-0.05, 0) is 42.3 Å². The summed E-state index contributed by atoms with van der Waals surface area (Å²) in [5.41, 5.74) is 1.85. The zero-order valence-corrected chi connectivity index (χ0v) is 15.2. The number of benzene rings is 2. The first-order chi connectivity index (χ1) is 11.0. The molecule has 0 fully saturated rings. The smallest absolute Gasteiger partial charge is 0.179 e. The molecule has 0 heterocycles. The van der Waals surface area contributed by atoms with Crippen LogP contribution in [0, 0.1) is 0 Å². The molecule has 1 N–H and O–H groups in total. The van der Waals surface area contributed by atoms with Crippen molar-refractivity contribution in [2.45, 2.75) is 19.9 Å². The normalized spacial score (nSPS) is 10.5. The van der Waals surface area contributed by atoms with Crippen LogP contribution in [0.4, 0.5) is 5.69 Å². The topological polar surface area (TPSA) is 30.5 Å². The first kappa shape index (κ1) is 18.1. The van der Waals surface area contributed by atoms with Gasteiger partial charge in [0.05, 0.1) is 28.8 Å². The minimum atomic E-state index is 0.510. The van der Waals surface area contributed by atoms with E-state index in [4.69, 9.17) is 44.3 Å². The maximum atomic E-state index is 6.31. The predicted octanol–water partition coefficient (Wildman–Crippen LogP) is 6.06. The molecule has 2 aromatic rings. The minimum Gasteiger partial charge on any atom is -0.493 e. The van der Waals surface area contributed by atoms with Crippen LogP contribution in [0.3, 0.4) is 0 Å². The van der Waals surface area contributed by atoms with E-state index in [0.717, 1.165) is 17.7 Å². The molecule has 0 saturated heterocycles. The molecule has 0 aromatic heterocycles. The van der Waals surface area contributed by atoms with E-state index in [9.17, 15) is 0 Å². The van der Waals surface area contributed by atoms with Crippen molar-refractivity contribution in [1.82, 2.24) is 0 Å². The summed E-state index contributed by atoms with van der Waals surface area (Å²) in [5.74, 6) is 1.20. The molecule has 2 rings (SSSR count). The zero-order chi connectivity index (χ0) is 16.8. The Kier molecular flexibility index (Phi) is 6.70. The Bertz CT molecular complexity index is 677. The number of rotatable bonds is 7. The molecule has 0 aliphatic rings. The van der Waals surface area contributed by atoms with Crippen molar-refractivity contribution in [3.05, 3.63) is 51.0 Å². The lowest BCUT2D eigenvalue weighted by Gasteiger charge is -2.14. The van der Waals surface area contributed by atoms with E-state index in [1.807, 2.05) is 25.1 Å². The van der Waals surface area contributed by atoms with Gasteiger partial charge in [-0.1, -0.05) is 41.7 Å². The maximum absolute atomic E-state index is 6.31. The van der Waals surface area contributed by atoms with Gasteiger partial charge in [0.15, 0.2) is 11.5 Å². The standard InChI is InChI=1S/C17H18Cl3NO2/c1-3-6-23-17-15(20)7-11(8-16(17)22-2)10-21-12-4-5-13(18)14(19)9-12/h4-5,7-9,21H,3,6,10H2,1-2H3. The molecule has 0 bridgehead atoms. The lowest BCUT2D eigenvalue weighted by atomic mass is 10.2. The molecule has 124 valence electrons. The summed E-state index contributed by atoms with van der Waals surface area (Å²) in [6, 6.07) is 9.16. The van der Waals surface area contributed by atoms with Gasteiger partial charge in [-0.3, -0.25) is 0 Å². The van der Waals surface area contributed by atoms with Crippen molar-refractivity contribution in [2.75, 3.05) is 19.0 Å². The summed E-state index contributed by atoms with van der Waals surface area (Å²) >= 11 is 18.2. The molecule has 0 unspecified atom stereocenters. The average Bonchev–Trinajstić information content (AvgIpc) is 2.54. The number of anilines is 1. The van der Waals surface area contributed by atoms with Crippen molar-refractivity contribution in [3.8, 4) is 11.5 Å². The van der Waals surface area contributed by atoms with Crippen molar-refractivity contribution in [3.63, 3.8) is 0 Å². The molecule has 23 heavy (non-hydrogen) atoms. The summed E-state index contributed by atoms with van der Waals surface area (Å²) in [6.07, 6.45) is 0.903. The van der Waals surface area contributed by atoms with Crippen molar-refractivity contribution in [2.24, 2.45) is 0 Å². The first-order valence-corrected chi connectivity index (χ1v) is 8.36. The molecule has 2 aromatic carbocycles. The lowest BCUT2D eigenvalue weighted by molar-refractivity contribution is 0.294. The van der Waals surface area contributed by atoms with E-state index < -0.39 is 0 Å². The van der Waals surface area contributed by atoms with Gasteiger partial charge >= 0.3 is 0 Å². The molecular weight excluding hydrogens is 357 g/mol. The first-order valence-electron chi connectivity index (χ1n) is 7.23. The van der Waals surface area contributed by atoms with Gasteiger partial charge < -0.3 is 14.8 Å². The number of halogens is 3. The van der Waals surface area contributed by atoms with Gasteiger partial charge in [0.1, 0.15) is 0 Å². The van der Waals surface area contributed by atoms with E-state index >= 15 is 0 Å². The van der Waals surface area contributed by atoms with Gasteiger partial charge in [0.2, 0.25) is 0 Å². The molecule has 3 nitrogen and oxygen atoms in total. The number of methoxy groups -OCH3 is 1. The summed E-state index contributed by atoms with van der Waals surface area (Å²) in [6.45, 7) is 3.20. The van der Waals surface area contributed by atoms with E-state index in [1.54, 1.807) is 19.2 Å². The lowest BCUT2D eigenvalue weighted by Crippen LogP contribution is -2.03. The second-order valence-electron chi connectivity index (χ2n) is 4.94.